The summed E-state index contributed by atoms with van der Waals surface area (Å²) >= 11 is 0. The van der Waals surface area contributed by atoms with Crippen LogP contribution in [0.3, 0.4) is 0 Å². The summed E-state index contributed by atoms with van der Waals surface area (Å²) < 4.78 is 5.59. The van der Waals surface area contributed by atoms with Crippen molar-refractivity contribution in [1.82, 2.24) is 0 Å². The van der Waals surface area contributed by atoms with Crippen LogP contribution in [0, 0.1) is 0 Å². The molecule has 10 heteroatoms. The highest BCUT2D eigenvalue weighted by Crippen LogP contribution is 2.35. The quantitative estimate of drug-likeness (QED) is 0.335. The van der Waals surface area contributed by atoms with Gasteiger partial charge < -0.3 is 35.3 Å². The minimum absolute atomic E-state index is 0.0356. The molecule has 30 heavy (non-hydrogen) atoms. The molecule has 2 aromatic carbocycles. The summed E-state index contributed by atoms with van der Waals surface area (Å²) in [6, 6.07) is 6.55. The second kappa shape index (κ2) is 8.03. The minimum Gasteiger partial charge on any atom is -0.508 e. The first-order valence-corrected chi connectivity index (χ1v) is 8.70. The SMILES string of the molecule is O=C(O)CC[C@H](Nc1cc(O)c2c(=O)c(O)c(-c3ccc(O)cc3)oc2c1)C(=O)O. The third-order valence-electron chi connectivity index (χ3n) is 4.37. The van der Waals surface area contributed by atoms with Crippen molar-refractivity contribution in [2.45, 2.75) is 18.9 Å². The van der Waals surface area contributed by atoms with Gasteiger partial charge in [-0.25, -0.2) is 4.79 Å². The van der Waals surface area contributed by atoms with Crippen LogP contribution in [0.1, 0.15) is 12.8 Å². The molecule has 1 heterocycles. The number of anilines is 1. The van der Waals surface area contributed by atoms with Crippen LogP contribution in [0.5, 0.6) is 17.2 Å². The Kier molecular flexibility index (Phi) is 5.50. The van der Waals surface area contributed by atoms with Crippen LogP contribution >= 0.6 is 0 Å². The van der Waals surface area contributed by atoms with Crippen molar-refractivity contribution in [1.29, 1.82) is 0 Å². The zero-order valence-corrected chi connectivity index (χ0v) is 15.3. The Bertz CT molecular complexity index is 1180. The van der Waals surface area contributed by atoms with Gasteiger partial charge in [-0.1, -0.05) is 0 Å². The van der Waals surface area contributed by atoms with Gasteiger partial charge in [0.05, 0.1) is 0 Å². The Hall–Kier alpha value is -4.21. The van der Waals surface area contributed by atoms with Crippen LogP contribution in [0.25, 0.3) is 22.3 Å². The predicted octanol–water partition coefficient (Wildman–Crippen LogP) is 2.31. The van der Waals surface area contributed by atoms with Crippen LogP contribution in [-0.2, 0) is 9.59 Å². The first-order valence-electron chi connectivity index (χ1n) is 8.70. The van der Waals surface area contributed by atoms with Gasteiger partial charge in [0.15, 0.2) is 5.76 Å². The molecule has 3 aromatic rings. The van der Waals surface area contributed by atoms with E-state index in [1.807, 2.05) is 0 Å². The molecule has 6 N–H and O–H groups in total. The molecule has 0 fully saturated rings. The molecule has 10 nitrogen and oxygen atoms in total. The number of nitrogens with one attached hydrogen (secondary N) is 1. The average Bonchev–Trinajstić information content (AvgIpc) is 2.68. The fourth-order valence-electron chi connectivity index (χ4n) is 2.91. The smallest absolute Gasteiger partial charge is 0.326 e. The number of carboxylic acid groups (broad SMARTS) is 2. The van der Waals surface area contributed by atoms with E-state index in [-0.39, 0.29) is 40.2 Å². The maximum atomic E-state index is 12.5. The average molecular weight is 415 g/mol. The van der Waals surface area contributed by atoms with Crippen LogP contribution in [0.15, 0.2) is 45.6 Å². The molecular weight excluding hydrogens is 398 g/mol. The van der Waals surface area contributed by atoms with E-state index >= 15 is 0 Å². The molecule has 0 spiro atoms. The summed E-state index contributed by atoms with van der Waals surface area (Å²) in [6.45, 7) is 0. The summed E-state index contributed by atoms with van der Waals surface area (Å²) in [6.07, 6.45) is -0.612. The van der Waals surface area contributed by atoms with Gasteiger partial charge in [0, 0.05) is 29.8 Å². The Morgan fingerprint density at radius 1 is 1.03 bits per heavy atom. The molecular formula is C20H17NO9. The highest BCUT2D eigenvalue weighted by Gasteiger charge is 2.22. The number of hydrogen-bond acceptors (Lipinski definition) is 8. The third kappa shape index (κ3) is 4.12. The number of carboxylic acids is 2. The van der Waals surface area contributed by atoms with Crippen molar-refractivity contribution >= 4 is 28.6 Å². The highest BCUT2D eigenvalue weighted by atomic mass is 16.4. The Labute approximate surface area is 168 Å². The monoisotopic (exact) mass is 415 g/mol. The van der Waals surface area contributed by atoms with E-state index in [1.54, 1.807) is 0 Å². The predicted molar refractivity (Wildman–Crippen MR) is 105 cm³/mol. The van der Waals surface area contributed by atoms with Gasteiger partial charge in [-0.15, -0.1) is 0 Å². The van der Waals surface area contributed by atoms with Crippen LogP contribution in [0.2, 0.25) is 0 Å². The fourth-order valence-corrected chi connectivity index (χ4v) is 2.91. The second-order valence-electron chi connectivity index (χ2n) is 6.49. The highest BCUT2D eigenvalue weighted by molar-refractivity contribution is 5.90. The van der Waals surface area contributed by atoms with E-state index in [0.717, 1.165) is 6.07 Å². The number of rotatable bonds is 7. The lowest BCUT2D eigenvalue weighted by molar-refractivity contribution is -0.139. The Balaban J connectivity index is 2.08. The summed E-state index contributed by atoms with van der Waals surface area (Å²) in [5.41, 5.74) is -0.676. The molecule has 0 saturated carbocycles. The zero-order chi connectivity index (χ0) is 22.0. The van der Waals surface area contributed by atoms with Gasteiger partial charge in [0.1, 0.15) is 28.5 Å². The standard InChI is InChI=1S/C20H17NO9/c22-11-3-1-9(2-4-11)19-18(27)17(26)16-13(23)7-10(8-14(16)30-19)21-12(20(28)29)5-6-15(24)25/h1-4,7-8,12,21-23,27H,5-6H2,(H,24,25)(H,28,29)/t12-/m0/s1. The molecule has 0 aliphatic rings. The van der Waals surface area contributed by atoms with Gasteiger partial charge in [0.25, 0.3) is 0 Å². The Morgan fingerprint density at radius 3 is 2.30 bits per heavy atom. The van der Waals surface area contributed by atoms with Crippen molar-refractivity contribution in [3.63, 3.8) is 0 Å². The number of aliphatic carboxylic acids is 2. The van der Waals surface area contributed by atoms with Crippen LogP contribution in [0.4, 0.5) is 5.69 Å². The van der Waals surface area contributed by atoms with E-state index in [0.29, 0.717) is 0 Å². The lowest BCUT2D eigenvalue weighted by atomic mass is 10.1. The fraction of sp³-hybridized carbons (Fsp3) is 0.150. The number of carbonyl (C=O) groups is 2. The number of fused-ring (bicyclic) bond motifs is 1. The summed E-state index contributed by atoms with van der Waals surface area (Å²) in [5.74, 6) is -4.00. The molecule has 0 aliphatic heterocycles. The first kappa shape index (κ1) is 20.5. The van der Waals surface area contributed by atoms with E-state index < -0.39 is 41.3 Å². The van der Waals surface area contributed by atoms with Crippen LogP contribution in [-0.4, -0.2) is 43.5 Å². The molecule has 0 aliphatic carbocycles. The van der Waals surface area contributed by atoms with Crippen molar-refractivity contribution < 1.29 is 39.5 Å². The van der Waals surface area contributed by atoms with Crippen molar-refractivity contribution in [2.24, 2.45) is 0 Å². The normalized spacial score (nSPS) is 11.9. The maximum absolute atomic E-state index is 12.5. The second-order valence-corrected chi connectivity index (χ2v) is 6.49. The molecule has 3 rings (SSSR count). The zero-order valence-electron chi connectivity index (χ0n) is 15.3. The number of phenolic OH excluding ortho intramolecular Hbond substituents is 2. The molecule has 0 unspecified atom stereocenters. The van der Waals surface area contributed by atoms with Gasteiger partial charge >= 0.3 is 11.9 Å². The largest absolute Gasteiger partial charge is 0.508 e. The van der Waals surface area contributed by atoms with Gasteiger partial charge in [-0.3, -0.25) is 9.59 Å². The van der Waals surface area contributed by atoms with Crippen molar-refractivity contribution in [3.8, 4) is 28.6 Å². The van der Waals surface area contributed by atoms with E-state index in [2.05, 4.69) is 5.32 Å². The third-order valence-corrected chi connectivity index (χ3v) is 4.37. The number of aromatic hydroxyl groups is 3. The molecule has 0 saturated heterocycles. The summed E-state index contributed by atoms with van der Waals surface area (Å²) in [7, 11) is 0. The lowest BCUT2D eigenvalue weighted by Gasteiger charge is -2.16. The molecule has 1 atom stereocenters. The van der Waals surface area contributed by atoms with E-state index in [4.69, 9.17) is 9.52 Å². The van der Waals surface area contributed by atoms with Crippen molar-refractivity contribution in [2.75, 3.05) is 5.32 Å². The summed E-state index contributed by atoms with van der Waals surface area (Å²) in [5, 5.41) is 50.2. The molecule has 0 radical (unpaired) electrons. The molecule has 1 aromatic heterocycles. The molecule has 0 amide bonds. The lowest BCUT2D eigenvalue weighted by Crippen LogP contribution is -2.29. The van der Waals surface area contributed by atoms with Gasteiger partial charge in [-0.05, 0) is 30.7 Å². The minimum atomic E-state index is -1.30. The summed E-state index contributed by atoms with van der Waals surface area (Å²) in [4.78, 5) is 34.6. The number of phenols is 2. The number of benzene rings is 2. The van der Waals surface area contributed by atoms with Gasteiger partial charge in [-0.2, -0.15) is 0 Å². The van der Waals surface area contributed by atoms with Gasteiger partial charge in [0.2, 0.25) is 11.2 Å². The van der Waals surface area contributed by atoms with E-state index in [9.17, 15) is 34.8 Å². The number of hydrogen-bond donors (Lipinski definition) is 6. The topological polar surface area (TPSA) is 178 Å². The maximum Gasteiger partial charge on any atom is 0.326 e. The first-order chi connectivity index (χ1) is 14.2. The molecule has 0 bridgehead atoms. The van der Waals surface area contributed by atoms with E-state index in [1.165, 1.54) is 30.3 Å². The van der Waals surface area contributed by atoms with Crippen LogP contribution < -0.4 is 10.7 Å². The molecule has 156 valence electrons. The Morgan fingerprint density at radius 2 is 1.70 bits per heavy atom. The van der Waals surface area contributed by atoms with Crippen molar-refractivity contribution in [3.05, 3.63) is 46.6 Å².